The third-order valence-corrected chi connectivity index (χ3v) is 6.16. The van der Waals surface area contributed by atoms with E-state index in [2.05, 4.69) is 25.5 Å². The first-order valence-corrected chi connectivity index (χ1v) is 11.7. The van der Waals surface area contributed by atoms with Crippen LogP contribution in [-0.4, -0.2) is 47.8 Å². The second-order valence-electron chi connectivity index (χ2n) is 8.73. The lowest BCUT2D eigenvalue weighted by atomic mass is 10.0. The second kappa shape index (κ2) is 10.2. The quantitative estimate of drug-likeness (QED) is 0.292. The van der Waals surface area contributed by atoms with Crippen LogP contribution in [0.4, 0.5) is 29.1 Å². The first-order valence-electron chi connectivity index (χ1n) is 11.7. The Balaban J connectivity index is 1.35. The largest absolute Gasteiger partial charge is 0.416 e. The Kier molecular flexibility index (Phi) is 6.77. The molecule has 3 aromatic carbocycles. The van der Waals surface area contributed by atoms with E-state index in [9.17, 15) is 27.2 Å². The molecule has 2 N–H and O–H groups in total. The summed E-state index contributed by atoms with van der Waals surface area (Å²) in [4.78, 5) is 36.6. The van der Waals surface area contributed by atoms with E-state index in [1.165, 1.54) is 24.3 Å². The molecule has 1 fully saturated rings. The zero-order chi connectivity index (χ0) is 26.9. The number of nitrogens with zero attached hydrogens (tertiary/aromatic N) is 3. The third-order valence-electron chi connectivity index (χ3n) is 6.16. The highest BCUT2D eigenvalue weighted by atomic mass is 19.4. The average molecular weight is 523 g/mol. The maximum atomic E-state index is 14.9. The standard InChI is InChI=1S/C27H21F4N5O2/c28-21-14-19(34-26(38)17-2-1-3-18(12-17)27(29,30)31)5-6-20(21)25(37)16-4-7-22-23(13-16)35-24(15-33-22)36-10-8-32-9-11-36/h1-7,12-15,32H,8-11H2,(H,34,38). The number of piperazine rings is 1. The highest BCUT2D eigenvalue weighted by Gasteiger charge is 2.31. The van der Waals surface area contributed by atoms with Gasteiger partial charge in [-0.05, 0) is 54.6 Å². The minimum Gasteiger partial charge on any atom is -0.353 e. The number of aromatic nitrogens is 2. The van der Waals surface area contributed by atoms with Crippen molar-refractivity contribution in [2.75, 3.05) is 36.4 Å². The van der Waals surface area contributed by atoms with Crippen LogP contribution in [-0.2, 0) is 6.18 Å². The number of hydrogen-bond donors (Lipinski definition) is 2. The lowest BCUT2D eigenvalue weighted by molar-refractivity contribution is -0.137. The molecule has 0 saturated carbocycles. The van der Waals surface area contributed by atoms with Crippen LogP contribution in [0.5, 0.6) is 0 Å². The molecule has 0 radical (unpaired) electrons. The highest BCUT2D eigenvalue weighted by molar-refractivity contribution is 6.11. The van der Waals surface area contributed by atoms with Gasteiger partial charge in [-0.15, -0.1) is 0 Å². The predicted octanol–water partition coefficient (Wildman–Crippen LogP) is 4.68. The van der Waals surface area contributed by atoms with Gasteiger partial charge in [-0.1, -0.05) is 6.07 Å². The molecule has 1 aliphatic rings. The third kappa shape index (κ3) is 5.32. The number of amides is 1. The van der Waals surface area contributed by atoms with Gasteiger partial charge in [-0.3, -0.25) is 14.6 Å². The second-order valence-corrected chi connectivity index (χ2v) is 8.73. The number of benzene rings is 3. The fourth-order valence-electron chi connectivity index (χ4n) is 4.16. The Morgan fingerprint density at radius 3 is 2.45 bits per heavy atom. The Labute approximate surface area is 214 Å². The van der Waals surface area contributed by atoms with Crippen molar-refractivity contribution in [1.82, 2.24) is 15.3 Å². The monoisotopic (exact) mass is 523 g/mol. The van der Waals surface area contributed by atoms with E-state index in [1.807, 2.05) is 0 Å². The summed E-state index contributed by atoms with van der Waals surface area (Å²) in [6.07, 6.45) is -2.92. The number of hydrogen-bond acceptors (Lipinski definition) is 6. The average Bonchev–Trinajstić information content (AvgIpc) is 2.92. The number of rotatable bonds is 5. The number of ketones is 1. The molecule has 1 amide bonds. The van der Waals surface area contributed by atoms with E-state index >= 15 is 0 Å². The van der Waals surface area contributed by atoms with E-state index in [1.54, 1.807) is 18.3 Å². The number of alkyl halides is 3. The van der Waals surface area contributed by atoms with Crippen molar-refractivity contribution in [1.29, 1.82) is 0 Å². The van der Waals surface area contributed by atoms with Gasteiger partial charge >= 0.3 is 6.18 Å². The van der Waals surface area contributed by atoms with Gasteiger partial charge in [0.25, 0.3) is 5.91 Å². The van der Waals surface area contributed by atoms with Crippen molar-refractivity contribution in [2.45, 2.75) is 6.18 Å². The van der Waals surface area contributed by atoms with E-state index < -0.39 is 29.2 Å². The molecule has 0 atom stereocenters. The summed E-state index contributed by atoms with van der Waals surface area (Å²) in [6, 6.07) is 12.1. The zero-order valence-electron chi connectivity index (χ0n) is 19.8. The van der Waals surface area contributed by atoms with Crippen molar-refractivity contribution < 1.29 is 27.2 Å². The molecule has 2 heterocycles. The molecule has 1 aliphatic heterocycles. The number of fused-ring (bicyclic) bond motifs is 1. The number of anilines is 2. The smallest absolute Gasteiger partial charge is 0.353 e. The lowest BCUT2D eigenvalue weighted by Crippen LogP contribution is -2.43. The normalized spacial score (nSPS) is 13.9. The van der Waals surface area contributed by atoms with Crippen LogP contribution in [0.25, 0.3) is 11.0 Å². The fourth-order valence-corrected chi connectivity index (χ4v) is 4.16. The van der Waals surface area contributed by atoms with E-state index in [-0.39, 0.29) is 22.4 Å². The summed E-state index contributed by atoms with van der Waals surface area (Å²) in [5.74, 6) is -1.63. The van der Waals surface area contributed by atoms with E-state index in [0.717, 1.165) is 44.4 Å². The fraction of sp³-hybridized carbons (Fsp3) is 0.185. The number of carbonyl (C=O) groups is 2. The van der Waals surface area contributed by atoms with Crippen molar-refractivity contribution in [3.8, 4) is 0 Å². The number of nitrogens with one attached hydrogen (secondary N) is 2. The molecule has 194 valence electrons. The van der Waals surface area contributed by atoms with Crippen LogP contribution in [0.2, 0.25) is 0 Å². The van der Waals surface area contributed by atoms with Crippen molar-refractivity contribution in [3.05, 3.63) is 94.9 Å². The van der Waals surface area contributed by atoms with E-state index in [4.69, 9.17) is 0 Å². The summed E-state index contributed by atoms with van der Waals surface area (Å²) >= 11 is 0. The molecule has 7 nitrogen and oxygen atoms in total. The summed E-state index contributed by atoms with van der Waals surface area (Å²) < 4.78 is 53.7. The topological polar surface area (TPSA) is 87.2 Å². The predicted molar refractivity (Wildman–Crippen MR) is 134 cm³/mol. The Hall–Kier alpha value is -4.38. The van der Waals surface area contributed by atoms with Crippen LogP contribution >= 0.6 is 0 Å². The molecule has 1 saturated heterocycles. The van der Waals surface area contributed by atoms with E-state index in [0.29, 0.717) is 22.9 Å². The minimum atomic E-state index is -4.61. The molecule has 0 unspecified atom stereocenters. The van der Waals surface area contributed by atoms with Crippen LogP contribution in [0, 0.1) is 5.82 Å². The van der Waals surface area contributed by atoms with Gasteiger partial charge < -0.3 is 15.5 Å². The van der Waals surface area contributed by atoms with Crippen molar-refractivity contribution >= 4 is 34.2 Å². The van der Waals surface area contributed by atoms with Gasteiger partial charge in [-0.2, -0.15) is 13.2 Å². The molecular formula is C27H21F4N5O2. The first-order chi connectivity index (χ1) is 18.2. The van der Waals surface area contributed by atoms with Gasteiger partial charge in [-0.25, -0.2) is 9.37 Å². The minimum absolute atomic E-state index is 0.00787. The Bertz CT molecular complexity index is 1530. The maximum absolute atomic E-state index is 14.9. The molecule has 1 aromatic heterocycles. The van der Waals surface area contributed by atoms with Gasteiger partial charge in [0.2, 0.25) is 0 Å². The molecule has 0 spiro atoms. The molecule has 38 heavy (non-hydrogen) atoms. The Morgan fingerprint density at radius 1 is 0.921 bits per heavy atom. The van der Waals surface area contributed by atoms with Crippen LogP contribution in [0.1, 0.15) is 31.8 Å². The van der Waals surface area contributed by atoms with Crippen molar-refractivity contribution in [2.24, 2.45) is 0 Å². The van der Waals surface area contributed by atoms with Gasteiger partial charge in [0.05, 0.1) is 28.4 Å². The molecule has 0 bridgehead atoms. The first kappa shape index (κ1) is 25.3. The lowest BCUT2D eigenvalue weighted by Gasteiger charge is -2.28. The maximum Gasteiger partial charge on any atom is 0.416 e. The number of carbonyl (C=O) groups excluding carboxylic acids is 2. The molecular weight excluding hydrogens is 502 g/mol. The van der Waals surface area contributed by atoms with Crippen molar-refractivity contribution in [3.63, 3.8) is 0 Å². The molecule has 0 aliphatic carbocycles. The Morgan fingerprint density at radius 2 is 1.71 bits per heavy atom. The molecule has 4 aromatic rings. The van der Waals surface area contributed by atoms with Crippen LogP contribution in [0.15, 0.2) is 66.9 Å². The van der Waals surface area contributed by atoms with Crippen LogP contribution in [0.3, 0.4) is 0 Å². The summed E-state index contributed by atoms with van der Waals surface area (Å²) in [6.45, 7) is 3.21. The molecule has 5 rings (SSSR count). The number of halogens is 4. The summed E-state index contributed by atoms with van der Waals surface area (Å²) in [5.41, 5.74) is -0.149. The van der Waals surface area contributed by atoms with Gasteiger partial charge in [0, 0.05) is 43.0 Å². The summed E-state index contributed by atoms with van der Waals surface area (Å²) in [5, 5.41) is 5.63. The van der Waals surface area contributed by atoms with Gasteiger partial charge in [0.1, 0.15) is 11.6 Å². The molecule has 11 heteroatoms. The SMILES string of the molecule is O=C(Nc1ccc(C(=O)c2ccc3ncc(N4CCNCC4)nc3c2)c(F)c1)c1cccc(C(F)(F)F)c1. The van der Waals surface area contributed by atoms with Crippen LogP contribution < -0.4 is 15.5 Å². The van der Waals surface area contributed by atoms with Gasteiger partial charge in [0.15, 0.2) is 5.78 Å². The summed E-state index contributed by atoms with van der Waals surface area (Å²) in [7, 11) is 0. The zero-order valence-corrected chi connectivity index (χ0v) is 19.8. The highest BCUT2D eigenvalue weighted by Crippen LogP contribution is 2.30.